The number of rotatable bonds is 2. The topological polar surface area (TPSA) is 41.0 Å². The van der Waals surface area contributed by atoms with Crippen molar-refractivity contribution in [3.63, 3.8) is 0 Å². The molecule has 1 aliphatic heterocycles. The van der Waals surface area contributed by atoms with Crippen LogP contribution in [0.4, 0.5) is 5.82 Å². The highest BCUT2D eigenvalue weighted by Gasteiger charge is 2.19. The van der Waals surface area contributed by atoms with Gasteiger partial charge in [-0.25, -0.2) is 0 Å². The minimum Gasteiger partial charge on any atom is -0.365 e. The van der Waals surface area contributed by atoms with Gasteiger partial charge in [0.15, 0.2) is 5.15 Å². The second-order valence-corrected chi connectivity index (χ2v) is 4.45. The van der Waals surface area contributed by atoms with Crippen LogP contribution < -0.4 is 5.32 Å². The molecule has 1 N–H and O–H groups in total. The molecule has 0 amide bonds. The molecule has 2 heterocycles. The van der Waals surface area contributed by atoms with E-state index in [1.807, 2.05) is 13.0 Å². The summed E-state index contributed by atoms with van der Waals surface area (Å²) in [5, 5.41) is 11.7. The molecule has 0 aromatic carbocycles. The summed E-state index contributed by atoms with van der Waals surface area (Å²) in [6, 6.07) is 2.41. The summed E-state index contributed by atoms with van der Waals surface area (Å²) in [6.45, 7) is 4.13. The third-order valence-electron chi connectivity index (χ3n) is 2.67. The summed E-state index contributed by atoms with van der Waals surface area (Å²) in [4.78, 5) is 2.30. The number of likely N-dealkylation sites (tertiary alicyclic amines) is 1. The van der Waals surface area contributed by atoms with Crippen molar-refractivity contribution < 1.29 is 0 Å². The number of likely N-dealkylation sites (N-methyl/N-ethyl adjacent to an activating group) is 1. The maximum absolute atomic E-state index is 5.81. The van der Waals surface area contributed by atoms with Crippen LogP contribution in [0.15, 0.2) is 6.07 Å². The molecular weight excluding hydrogens is 212 g/mol. The molecule has 15 heavy (non-hydrogen) atoms. The van der Waals surface area contributed by atoms with E-state index in [4.69, 9.17) is 11.6 Å². The molecule has 0 radical (unpaired) electrons. The van der Waals surface area contributed by atoms with Crippen LogP contribution in [-0.2, 0) is 0 Å². The van der Waals surface area contributed by atoms with Gasteiger partial charge in [-0.1, -0.05) is 11.6 Å². The second-order valence-electron chi connectivity index (χ2n) is 4.10. The molecule has 1 aromatic rings. The van der Waals surface area contributed by atoms with Gasteiger partial charge in [-0.2, -0.15) is 0 Å². The average molecular weight is 227 g/mol. The first-order valence-corrected chi connectivity index (χ1v) is 5.48. The van der Waals surface area contributed by atoms with Gasteiger partial charge in [0, 0.05) is 12.6 Å². The van der Waals surface area contributed by atoms with Gasteiger partial charge >= 0.3 is 0 Å². The van der Waals surface area contributed by atoms with E-state index in [9.17, 15) is 0 Å². The minimum atomic E-state index is 0.476. The molecule has 1 atom stereocenters. The monoisotopic (exact) mass is 226 g/mol. The standard InChI is InChI=1S/C10H15ClN4/c1-7-5-9(13-14-10(7)11)12-8-3-4-15(2)6-8/h5,8H,3-4,6H2,1-2H3,(H,12,13)/t8-/m1/s1. The Bertz CT molecular complexity index is 355. The van der Waals surface area contributed by atoms with Crippen molar-refractivity contribution in [1.29, 1.82) is 0 Å². The number of hydrogen-bond acceptors (Lipinski definition) is 4. The van der Waals surface area contributed by atoms with E-state index in [2.05, 4.69) is 27.5 Å². The summed E-state index contributed by atoms with van der Waals surface area (Å²) in [7, 11) is 2.13. The Morgan fingerprint density at radius 2 is 2.33 bits per heavy atom. The van der Waals surface area contributed by atoms with Crippen molar-refractivity contribution in [2.75, 3.05) is 25.5 Å². The normalized spacial score (nSPS) is 21.9. The summed E-state index contributed by atoms with van der Waals surface area (Å²) < 4.78 is 0. The van der Waals surface area contributed by atoms with E-state index in [1.165, 1.54) is 0 Å². The van der Waals surface area contributed by atoms with Gasteiger partial charge in [-0.3, -0.25) is 0 Å². The molecular formula is C10H15ClN4. The fourth-order valence-electron chi connectivity index (χ4n) is 1.80. The van der Waals surface area contributed by atoms with Crippen LogP contribution in [0.1, 0.15) is 12.0 Å². The highest BCUT2D eigenvalue weighted by molar-refractivity contribution is 6.30. The molecule has 0 spiro atoms. The molecule has 1 aliphatic rings. The number of nitrogens with zero attached hydrogens (tertiary/aromatic N) is 3. The van der Waals surface area contributed by atoms with Crippen LogP contribution in [0.5, 0.6) is 0 Å². The Morgan fingerprint density at radius 1 is 1.53 bits per heavy atom. The van der Waals surface area contributed by atoms with Crippen molar-refractivity contribution in [3.8, 4) is 0 Å². The average Bonchev–Trinajstić information content (AvgIpc) is 2.58. The van der Waals surface area contributed by atoms with Crippen LogP contribution in [0.3, 0.4) is 0 Å². The molecule has 82 valence electrons. The lowest BCUT2D eigenvalue weighted by Crippen LogP contribution is -2.24. The van der Waals surface area contributed by atoms with Gasteiger partial charge in [0.2, 0.25) is 0 Å². The van der Waals surface area contributed by atoms with Gasteiger partial charge in [-0.15, -0.1) is 10.2 Å². The molecule has 0 bridgehead atoms. The minimum absolute atomic E-state index is 0.476. The van der Waals surface area contributed by atoms with Crippen LogP contribution in [0.2, 0.25) is 5.15 Å². The Kier molecular flexibility index (Phi) is 3.07. The van der Waals surface area contributed by atoms with Gasteiger partial charge in [-0.05, 0) is 38.6 Å². The largest absolute Gasteiger partial charge is 0.365 e. The number of anilines is 1. The number of nitrogens with one attached hydrogen (secondary N) is 1. The zero-order valence-electron chi connectivity index (χ0n) is 9.00. The second kappa shape index (κ2) is 4.33. The molecule has 0 unspecified atom stereocenters. The highest BCUT2D eigenvalue weighted by atomic mass is 35.5. The summed E-state index contributed by atoms with van der Waals surface area (Å²) in [6.07, 6.45) is 1.15. The van der Waals surface area contributed by atoms with E-state index in [-0.39, 0.29) is 0 Å². The molecule has 1 fully saturated rings. The third kappa shape index (κ3) is 2.58. The van der Waals surface area contributed by atoms with Crippen molar-refractivity contribution in [2.24, 2.45) is 0 Å². The lowest BCUT2D eigenvalue weighted by Gasteiger charge is -2.13. The third-order valence-corrected chi connectivity index (χ3v) is 3.04. The first-order valence-electron chi connectivity index (χ1n) is 5.10. The predicted octanol–water partition coefficient (Wildman–Crippen LogP) is 1.55. The van der Waals surface area contributed by atoms with E-state index in [1.54, 1.807) is 0 Å². The fourth-order valence-corrected chi connectivity index (χ4v) is 1.89. The van der Waals surface area contributed by atoms with Crippen LogP contribution in [0.25, 0.3) is 0 Å². The van der Waals surface area contributed by atoms with Crippen molar-refractivity contribution >= 4 is 17.4 Å². The van der Waals surface area contributed by atoms with E-state index >= 15 is 0 Å². The lowest BCUT2D eigenvalue weighted by molar-refractivity contribution is 0.414. The Labute approximate surface area is 94.6 Å². The van der Waals surface area contributed by atoms with Gasteiger partial charge in [0.25, 0.3) is 0 Å². The molecule has 4 nitrogen and oxygen atoms in total. The van der Waals surface area contributed by atoms with Gasteiger partial charge < -0.3 is 10.2 Å². The number of halogens is 1. The Hall–Kier alpha value is -0.870. The quantitative estimate of drug-likeness (QED) is 0.831. The van der Waals surface area contributed by atoms with Crippen molar-refractivity contribution in [2.45, 2.75) is 19.4 Å². The van der Waals surface area contributed by atoms with E-state index in [0.717, 1.165) is 30.9 Å². The lowest BCUT2D eigenvalue weighted by atomic mass is 10.2. The van der Waals surface area contributed by atoms with E-state index < -0.39 is 0 Å². The Morgan fingerprint density at radius 3 is 2.93 bits per heavy atom. The molecule has 5 heteroatoms. The molecule has 1 saturated heterocycles. The van der Waals surface area contributed by atoms with Crippen molar-refractivity contribution in [3.05, 3.63) is 16.8 Å². The Balaban J connectivity index is 2.02. The van der Waals surface area contributed by atoms with E-state index in [0.29, 0.717) is 11.2 Å². The first kappa shape index (κ1) is 10.6. The fraction of sp³-hybridized carbons (Fsp3) is 0.600. The molecule has 0 aliphatic carbocycles. The molecule has 0 saturated carbocycles. The number of aromatic nitrogens is 2. The van der Waals surface area contributed by atoms with Crippen molar-refractivity contribution in [1.82, 2.24) is 15.1 Å². The number of aryl methyl sites for hydroxylation is 1. The highest BCUT2D eigenvalue weighted by Crippen LogP contribution is 2.16. The summed E-state index contributed by atoms with van der Waals surface area (Å²) in [5.41, 5.74) is 0.959. The molecule has 2 rings (SSSR count). The maximum Gasteiger partial charge on any atom is 0.154 e. The first-order chi connectivity index (χ1) is 7.15. The van der Waals surface area contributed by atoms with Crippen LogP contribution in [-0.4, -0.2) is 41.3 Å². The van der Waals surface area contributed by atoms with Crippen LogP contribution in [0, 0.1) is 6.92 Å². The smallest absolute Gasteiger partial charge is 0.154 e. The number of hydrogen-bond donors (Lipinski definition) is 1. The SMILES string of the molecule is Cc1cc(N[C@@H]2CCN(C)C2)nnc1Cl. The zero-order chi connectivity index (χ0) is 10.8. The predicted molar refractivity (Wildman–Crippen MR) is 61.3 cm³/mol. The summed E-state index contributed by atoms with van der Waals surface area (Å²) >= 11 is 5.81. The van der Waals surface area contributed by atoms with Gasteiger partial charge in [0.1, 0.15) is 5.82 Å². The van der Waals surface area contributed by atoms with Gasteiger partial charge in [0.05, 0.1) is 0 Å². The molecule has 1 aromatic heterocycles. The maximum atomic E-state index is 5.81. The zero-order valence-corrected chi connectivity index (χ0v) is 9.75. The summed E-state index contributed by atoms with van der Waals surface area (Å²) in [5.74, 6) is 0.817. The van der Waals surface area contributed by atoms with Crippen LogP contribution >= 0.6 is 11.6 Å².